The molecule has 1 rings (SSSR count). The summed E-state index contributed by atoms with van der Waals surface area (Å²) in [6, 6.07) is 3.91. The van der Waals surface area contributed by atoms with Crippen molar-refractivity contribution in [1.82, 2.24) is 10.6 Å². The van der Waals surface area contributed by atoms with Gasteiger partial charge in [-0.05, 0) is 24.1 Å². The number of rotatable bonds is 5. The normalized spacial score (nSPS) is 12.1. The van der Waals surface area contributed by atoms with Crippen LogP contribution >= 0.6 is 15.9 Å². The SMILES string of the molecule is CC(=O)NC(C(=O)NCc1cc(Br)ccc1F)C(C)C. The third kappa shape index (κ3) is 4.92. The molecule has 0 aliphatic heterocycles. The van der Waals surface area contributed by atoms with Crippen molar-refractivity contribution >= 4 is 27.7 Å². The summed E-state index contributed by atoms with van der Waals surface area (Å²) >= 11 is 3.25. The lowest BCUT2D eigenvalue weighted by Gasteiger charge is -2.21. The maximum Gasteiger partial charge on any atom is 0.243 e. The molecule has 20 heavy (non-hydrogen) atoms. The largest absolute Gasteiger partial charge is 0.350 e. The minimum absolute atomic E-state index is 0.0498. The number of halogens is 2. The lowest BCUT2D eigenvalue weighted by Crippen LogP contribution is -2.48. The maximum atomic E-state index is 13.5. The topological polar surface area (TPSA) is 58.2 Å². The lowest BCUT2D eigenvalue weighted by atomic mass is 10.0. The van der Waals surface area contributed by atoms with E-state index < -0.39 is 6.04 Å². The Morgan fingerprint density at radius 3 is 2.55 bits per heavy atom. The van der Waals surface area contributed by atoms with Gasteiger partial charge in [-0.2, -0.15) is 0 Å². The molecular weight excluding hydrogens is 327 g/mol. The van der Waals surface area contributed by atoms with Crippen LogP contribution in [-0.4, -0.2) is 17.9 Å². The average Bonchev–Trinajstić information content (AvgIpc) is 2.36. The van der Waals surface area contributed by atoms with Crippen LogP contribution in [0.25, 0.3) is 0 Å². The third-order valence-corrected chi connectivity index (χ3v) is 3.26. The Bertz CT molecular complexity index is 506. The predicted molar refractivity (Wildman–Crippen MR) is 78.4 cm³/mol. The molecule has 0 saturated carbocycles. The van der Waals surface area contributed by atoms with Crippen molar-refractivity contribution in [3.63, 3.8) is 0 Å². The van der Waals surface area contributed by atoms with Crippen LogP contribution < -0.4 is 10.6 Å². The Kier molecular flexibility index (Phi) is 6.13. The first-order valence-electron chi connectivity index (χ1n) is 6.30. The van der Waals surface area contributed by atoms with Crippen molar-refractivity contribution in [2.45, 2.75) is 33.4 Å². The van der Waals surface area contributed by atoms with Gasteiger partial charge < -0.3 is 10.6 Å². The molecule has 0 aliphatic carbocycles. The van der Waals surface area contributed by atoms with Crippen molar-refractivity contribution in [3.05, 3.63) is 34.1 Å². The molecule has 1 aromatic carbocycles. The molecule has 1 unspecified atom stereocenters. The zero-order chi connectivity index (χ0) is 15.3. The van der Waals surface area contributed by atoms with E-state index in [4.69, 9.17) is 0 Å². The standard InChI is InChI=1S/C14H18BrFN2O2/c1-8(2)13(18-9(3)19)14(20)17-7-10-6-11(15)4-5-12(10)16/h4-6,8,13H,7H2,1-3H3,(H,17,20)(H,18,19). The van der Waals surface area contributed by atoms with Crippen molar-refractivity contribution in [2.24, 2.45) is 5.92 Å². The smallest absolute Gasteiger partial charge is 0.243 e. The predicted octanol–water partition coefficient (Wildman–Crippen LogP) is 2.37. The Morgan fingerprint density at radius 2 is 2.00 bits per heavy atom. The number of benzene rings is 1. The van der Waals surface area contributed by atoms with Gasteiger partial charge in [-0.1, -0.05) is 29.8 Å². The summed E-state index contributed by atoms with van der Waals surface area (Å²) in [5.74, 6) is -1.03. The van der Waals surface area contributed by atoms with Gasteiger partial charge in [0.2, 0.25) is 11.8 Å². The number of carbonyl (C=O) groups excluding carboxylic acids is 2. The van der Waals surface area contributed by atoms with Crippen LogP contribution in [-0.2, 0) is 16.1 Å². The van der Waals surface area contributed by atoms with Crippen LogP contribution in [0.5, 0.6) is 0 Å². The summed E-state index contributed by atoms with van der Waals surface area (Å²) < 4.78 is 14.3. The van der Waals surface area contributed by atoms with Gasteiger partial charge in [0.15, 0.2) is 0 Å². The molecule has 4 nitrogen and oxygen atoms in total. The molecule has 0 aromatic heterocycles. The Balaban J connectivity index is 2.69. The zero-order valence-corrected chi connectivity index (χ0v) is 13.3. The van der Waals surface area contributed by atoms with Gasteiger partial charge in [-0.25, -0.2) is 4.39 Å². The van der Waals surface area contributed by atoms with Crippen molar-refractivity contribution < 1.29 is 14.0 Å². The monoisotopic (exact) mass is 344 g/mol. The summed E-state index contributed by atoms with van der Waals surface area (Å²) in [5.41, 5.74) is 0.387. The molecule has 0 bridgehead atoms. The van der Waals surface area contributed by atoms with E-state index in [1.54, 1.807) is 12.1 Å². The molecule has 0 saturated heterocycles. The fourth-order valence-corrected chi connectivity index (χ4v) is 2.13. The molecule has 0 heterocycles. The van der Waals surface area contributed by atoms with E-state index >= 15 is 0 Å². The Morgan fingerprint density at radius 1 is 1.35 bits per heavy atom. The highest BCUT2D eigenvalue weighted by atomic mass is 79.9. The summed E-state index contributed by atoms with van der Waals surface area (Å²) in [6.45, 7) is 5.10. The Hall–Kier alpha value is -1.43. The molecule has 0 spiro atoms. The molecule has 110 valence electrons. The van der Waals surface area contributed by atoms with Crippen LogP contribution in [0.3, 0.4) is 0 Å². The van der Waals surface area contributed by atoms with Crippen LogP contribution in [0.1, 0.15) is 26.3 Å². The highest BCUT2D eigenvalue weighted by Crippen LogP contribution is 2.15. The first kappa shape index (κ1) is 16.6. The lowest BCUT2D eigenvalue weighted by molar-refractivity contribution is -0.129. The number of carbonyl (C=O) groups is 2. The van der Waals surface area contributed by atoms with Gasteiger partial charge in [0, 0.05) is 23.5 Å². The number of amides is 2. The quantitative estimate of drug-likeness (QED) is 0.861. The fourth-order valence-electron chi connectivity index (χ4n) is 1.73. The van der Waals surface area contributed by atoms with E-state index in [0.717, 1.165) is 4.47 Å². The second-order valence-corrected chi connectivity index (χ2v) is 5.79. The second-order valence-electron chi connectivity index (χ2n) is 4.88. The van der Waals surface area contributed by atoms with Crippen LogP contribution in [0.4, 0.5) is 4.39 Å². The fraction of sp³-hybridized carbons (Fsp3) is 0.429. The minimum Gasteiger partial charge on any atom is -0.350 e. The number of hydrogen-bond donors (Lipinski definition) is 2. The van der Waals surface area contributed by atoms with E-state index in [-0.39, 0.29) is 30.1 Å². The van der Waals surface area contributed by atoms with E-state index in [0.29, 0.717) is 5.56 Å². The van der Waals surface area contributed by atoms with E-state index in [9.17, 15) is 14.0 Å². The molecule has 0 radical (unpaired) electrons. The van der Waals surface area contributed by atoms with E-state index in [1.165, 1.54) is 13.0 Å². The highest BCUT2D eigenvalue weighted by Gasteiger charge is 2.22. The molecule has 1 atom stereocenters. The maximum absolute atomic E-state index is 13.5. The van der Waals surface area contributed by atoms with Gasteiger partial charge in [0.1, 0.15) is 11.9 Å². The molecule has 6 heteroatoms. The highest BCUT2D eigenvalue weighted by molar-refractivity contribution is 9.10. The van der Waals surface area contributed by atoms with E-state index in [2.05, 4.69) is 26.6 Å². The second kappa shape index (κ2) is 7.38. The average molecular weight is 345 g/mol. The van der Waals surface area contributed by atoms with Crippen LogP contribution in [0, 0.1) is 11.7 Å². The summed E-state index contributed by atoms with van der Waals surface area (Å²) in [6.07, 6.45) is 0. The summed E-state index contributed by atoms with van der Waals surface area (Å²) in [4.78, 5) is 23.1. The summed E-state index contributed by atoms with van der Waals surface area (Å²) in [7, 11) is 0. The Labute approximate surface area is 126 Å². The van der Waals surface area contributed by atoms with Gasteiger partial charge in [0.25, 0.3) is 0 Å². The first-order chi connectivity index (χ1) is 9.31. The minimum atomic E-state index is -0.622. The summed E-state index contributed by atoms with van der Waals surface area (Å²) in [5, 5.41) is 5.23. The molecule has 2 amide bonds. The van der Waals surface area contributed by atoms with Gasteiger partial charge in [0.05, 0.1) is 0 Å². The van der Waals surface area contributed by atoms with Gasteiger partial charge in [-0.15, -0.1) is 0 Å². The molecule has 0 fully saturated rings. The van der Waals surface area contributed by atoms with Gasteiger partial charge >= 0.3 is 0 Å². The van der Waals surface area contributed by atoms with E-state index in [1.807, 2.05) is 13.8 Å². The van der Waals surface area contributed by atoms with Crippen LogP contribution in [0.15, 0.2) is 22.7 Å². The zero-order valence-electron chi connectivity index (χ0n) is 11.7. The van der Waals surface area contributed by atoms with Gasteiger partial charge in [-0.3, -0.25) is 9.59 Å². The molecular formula is C14H18BrFN2O2. The van der Waals surface area contributed by atoms with Crippen molar-refractivity contribution in [1.29, 1.82) is 0 Å². The number of hydrogen-bond acceptors (Lipinski definition) is 2. The molecule has 0 aliphatic rings. The first-order valence-corrected chi connectivity index (χ1v) is 7.09. The van der Waals surface area contributed by atoms with Crippen LogP contribution in [0.2, 0.25) is 0 Å². The number of nitrogens with one attached hydrogen (secondary N) is 2. The third-order valence-electron chi connectivity index (χ3n) is 2.77. The van der Waals surface area contributed by atoms with Crippen molar-refractivity contribution in [3.8, 4) is 0 Å². The molecule has 1 aromatic rings. The van der Waals surface area contributed by atoms with Crippen molar-refractivity contribution in [2.75, 3.05) is 0 Å². The molecule has 2 N–H and O–H groups in total.